The first kappa shape index (κ1) is 54.5. The minimum atomic E-state index is 0.414. The van der Waals surface area contributed by atoms with Crippen LogP contribution in [0.25, 0.3) is 56.9 Å². The van der Waals surface area contributed by atoms with Crippen LogP contribution in [-0.2, 0) is 0 Å². The van der Waals surface area contributed by atoms with E-state index in [9.17, 15) is 0 Å². The van der Waals surface area contributed by atoms with Gasteiger partial charge in [0, 0.05) is 27.8 Å². The summed E-state index contributed by atoms with van der Waals surface area (Å²) in [5, 5.41) is 17.8. The van der Waals surface area contributed by atoms with Crippen LogP contribution in [0, 0.1) is 0 Å². The van der Waals surface area contributed by atoms with Crippen LogP contribution in [-0.4, -0.2) is 33.6 Å². The number of nitrogens with zero attached hydrogens (tertiary/aromatic N) is 4. The molecule has 0 N–H and O–H groups in total. The van der Waals surface area contributed by atoms with Gasteiger partial charge in [-0.15, -0.1) is 31.7 Å². The Hall–Kier alpha value is -3.80. The summed E-state index contributed by atoms with van der Waals surface area (Å²) in [5.41, 5.74) is 5.11. The molecule has 6 rings (SSSR count). The molecule has 374 valence electrons. The first-order valence-electron chi connectivity index (χ1n) is 26.8. The van der Waals surface area contributed by atoms with Crippen molar-refractivity contribution in [3.8, 4) is 68.4 Å². The Morgan fingerprint density at radius 2 is 0.725 bits per heavy atom. The summed E-state index contributed by atoms with van der Waals surface area (Å²) in [4.78, 5) is 0. The predicted molar refractivity (Wildman–Crippen MR) is 294 cm³/mol. The molecule has 0 amide bonds. The highest BCUT2D eigenvalue weighted by atomic mass is 79.9. The molecule has 6 aromatic rings. The molecule has 0 atom stereocenters. The van der Waals surface area contributed by atoms with Gasteiger partial charge in [-0.1, -0.05) is 181 Å². The van der Waals surface area contributed by atoms with Crippen molar-refractivity contribution in [1.82, 2.24) is 20.4 Å². The molecule has 11 heteroatoms. The number of unbranched alkanes of at least 4 members (excludes halogenated alkanes) is 26. The smallest absolute Gasteiger partial charge is 0.248 e. The zero-order valence-corrected chi connectivity index (χ0v) is 45.7. The number of aromatic nitrogens is 4. The summed E-state index contributed by atoms with van der Waals surface area (Å²) in [6.07, 6.45) is 37.7. The van der Waals surface area contributed by atoms with Crippen LogP contribution in [0.4, 0.5) is 0 Å². The molecule has 8 nitrogen and oxygen atoms in total. The van der Waals surface area contributed by atoms with Crippen molar-refractivity contribution in [3.05, 3.63) is 80.4 Å². The third kappa shape index (κ3) is 19.4. The van der Waals surface area contributed by atoms with E-state index in [0.717, 1.165) is 78.5 Å². The van der Waals surface area contributed by atoms with E-state index in [0.29, 0.717) is 23.6 Å². The van der Waals surface area contributed by atoms with Gasteiger partial charge in [0.2, 0.25) is 23.6 Å². The molecule has 0 radical (unpaired) electrons. The largest absolute Gasteiger partial charge is 0.494 e. The van der Waals surface area contributed by atoms with Crippen molar-refractivity contribution in [2.75, 3.05) is 13.2 Å². The molecule has 0 bridgehead atoms. The summed E-state index contributed by atoms with van der Waals surface area (Å²) in [6.45, 7) is 6.02. The minimum absolute atomic E-state index is 0.414. The van der Waals surface area contributed by atoms with Crippen LogP contribution >= 0.6 is 43.2 Å². The fourth-order valence-corrected chi connectivity index (χ4v) is 11.7. The molecule has 0 saturated carbocycles. The van der Waals surface area contributed by atoms with E-state index >= 15 is 0 Å². The van der Waals surface area contributed by atoms with Gasteiger partial charge in [0.05, 0.1) is 20.8 Å². The van der Waals surface area contributed by atoms with Crippen molar-refractivity contribution < 1.29 is 18.3 Å². The first-order valence-corrected chi connectivity index (χ1v) is 29.2. The monoisotopic (exact) mass is 1080 g/mol. The normalized spacial score (nSPS) is 11.5. The van der Waals surface area contributed by atoms with Crippen LogP contribution in [0.3, 0.4) is 0 Å². The highest BCUT2D eigenvalue weighted by Gasteiger charge is 2.21. The zero-order valence-electron chi connectivity index (χ0n) is 41.7. The Morgan fingerprint density at radius 3 is 1.12 bits per heavy atom. The second-order valence-electron chi connectivity index (χ2n) is 18.8. The van der Waals surface area contributed by atoms with E-state index in [-0.39, 0.29) is 0 Å². The molecule has 0 aliphatic rings. The predicted octanol–water partition coefficient (Wildman–Crippen LogP) is 20.1. The van der Waals surface area contributed by atoms with E-state index in [2.05, 4.69) is 72.2 Å². The summed E-state index contributed by atoms with van der Waals surface area (Å²) in [6, 6.07) is 23.8. The Bertz CT molecular complexity index is 2290. The van der Waals surface area contributed by atoms with Crippen molar-refractivity contribution >= 4 is 43.2 Å². The van der Waals surface area contributed by atoms with Crippen LogP contribution < -0.4 is 9.47 Å². The van der Waals surface area contributed by atoms with Gasteiger partial charge in [0.1, 0.15) is 11.5 Å². The van der Waals surface area contributed by atoms with Gasteiger partial charge >= 0.3 is 0 Å². The molecule has 3 aromatic carbocycles. The highest BCUT2D eigenvalue weighted by molar-refractivity contribution is 9.12. The van der Waals surface area contributed by atoms with Gasteiger partial charge in [0.25, 0.3) is 0 Å². The van der Waals surface area contributed by atoms with Gasteiger partial charge in [-0.25, -0.2) is 0 Å². The maximum absolute atomic E-state index is 6.34. The van der Waals surface area contributed by atoms with Crippen molar-refractivity contribution in [3.63, 3.8) is 0 Å². The van der Waals surface area contributed by atoms with Gasteiger partial charge in [-0.3, -0.25) is 0 Å². The molecular weight excluding hydrogens is 1010 g/mol. The van der Waals surface area contributed by atoms with Crippen molar-refractivity contribution in [2.24, 2.45) is 0 Å². The molecule has 0 aliphatic heterocycles. The van der Waals surface area contributed by atoms with E-state index in [4.69, 9.17) is 18.3 Å². The Kier molecular flexibility index (Phi) is 25.5. The number of rotatable bonds is 37. The number of thiophene rings is 1. The third-order valence-corrected chi connectivity index (χ3v) is 15.4. The van der Waals surface area contributed by atoms with Crippen LogP contribution in [0.1, 0.15) is 194 Å². The Labute approximate surface area is 434 Å². The second-order valence-corrected chi connectivity index (χ2v) is 22.5. The van der Waals surface area contributed by atoms with Gasteiger partial charge in [-0.05, 0) is 123 Å². The lowest BCUT2D eigenvalue weighted by Crippen LogP contribution is -1.97. The standard InChI is InChI=1S/C58H78Br2N4O4S/c1-3-5-7-9-11-13-15-17-19-21-23-25-27-29-41-65-48-36-31-45(32-37-48)55-61-63-57(67-55)47-35-40-50(51(43-47)52-44-53(59)69-54(52)60)58-64-62-56(68-58)46-33-38-49(39-34-46)66-42-30-28-26-24-22-20-18-16-14-12-10-8-6-4-2/h31-40,43-44H,3-30,41-42H2,1-2H3. The van der Waals surface area contributed by atoms with Crippen molar-refractivity contribution in [2.45, 2.75) is 194 Å². The number of ether oxygens (including phenoxy) is 2. The molecule has 0 unspecified atom stereocenters. The maximum atomic E-state index is 6.34. The number of hydrogen-bond donors (Lipinski definition) is 0. The number of benzene rings is 3. The summed E-state index contributed by atoms with van der Waals surface area (Å²) in [5.74, 6) is 3.41. The van der Waals surface area contributed by atoms with E-state index < -0.39 is 0 Å². The third-order valence-electron chi connectivity index (χ3n) is 13.0. The molecule has 3 heterocycles. The molecule has 0 spiro atoms. The average molecular weight is 1090 g/mol. The lowest BCUT2D eigenvalue weighted by atomic mass is 9.99. The SMILES string of the molecule is CCCCCCCCCCCCCCCCOc1ccc(-c2nnc(-c3ccc(-c4nnc(-c5ccc(OCCCCCCCCCCCCCCCC)cc5)o4)c(-c4cc(Br)sc4Br)c3)o2)cc1. The number of hydrogen-bond acceptors (Lipinski definition) is 9. The second kappa shape index (κ2) is 32.2. The lowest BCUT2D eigenvalue weighted by molar-refractivity contribution is 0.304. The van der Waals surface area contributed by atoms with Gasteiger partial charge < -0.3 is 18.3 Å². The summed E-state index contributed by atoms with van der Waals surface area (Å²) < 4.78 is 26.7. The maximum Gasteiger partial charge on any atom is 0.248 e. The van der Waals surface area contributed by atoms with E-state index in [1.807, 2.05) is 66.7 Å². The lowest BCUT2D eigenvalue weighted by Gasteiger charge is -2.08. The summed E-state index contributed by atoms with van der Waals surface area (Å²) >= 11 is 9.04. The van der Waals surface area contributed by atoms with Crippen LogP contribution in [0.2, 0.25) is 0 Å². The highest BCUT2D eigenvalue weighted by Crippen LogP contribution is 2.44. The Morgan fingerprint density at radius 1 is 0.377 bits per heavy atom. The van der Waals surface area contributed by atoms with Crippen LogP contribution in [0.15, 0.2) is 89.2 Å². The fourth-order valence-electron chi connectivity index (χ4n) is 8.88. The van der Waals surface area contributed by atoms with Crippen molar-refractivity contribution in [1.29, 1.82) is 0 Å². The average Bonchev–Trinajstić information content (AvgIpc) is 4.15. The zero-order chi connectivity index (χ0) is 48.1. The molecule has 69 heavy (non-hydrogen) atoms. The van der Waals surface area contributed by atoms with Gasteiger partial charge in [-0.2, -0.15) is 0 Å². The first-order chi connectivity index (χ1) is 34.0. The fraction of sp³-hybridized carbons (Fsp3) is 0.552. The molecule has 3 aromatic heterocycles. The van der Waals surface area contributed by atoms with Gasteiger partial charge in [0.15, 0.2) is 0 Å². The Balaban J connectivity index is 0.937. The minimum Gasteiger partial charge on any atom is -0.494 e. The molecular formula is C58H78Br2N4O4S. The topological polar surface area (TPSA) is 96.3 Å². The number of halogens is 2. The molecule has 0 saturated heterocycles. The summed E-state index contributed by atoms with van der Waals surface area (Å²) in [7, 11) is 0. The van der Waals surface area contributed by atoms with Crippen LogP contribution in [0.5, 0.6) is 11.5 Å². The quantitative estimate of drug-likeness (QED) is 0.0356. The van der Waals surface area contributed by atoms with E-state index in [1.54, 1.807) is 11.3 Å². The molecule has 0 aliphatic carbocycles. The van der Waals surface area contributed by atoms with E-state index in [1.165, 1.54) is 167 Å². The molecule has 0 fully saturated rings.